The summed E-state index contributed by atoms with van der Waals surface area (Å²) in [6.45, 7) is 1.32. The average molecular weight is 465 g/mol. The van der Waals surface area contributed by atoms with Gasteiger partial charge >= 0.3 is 6.18 Å². The zero-order valence-corrected chi connectivity index (χ0v) is 17.7. The van der Waals surface area contributed by atoms with E-state index in [0.717, 1.165) is 24.0 Å². The van der Waals surface area contributed by atoms with Crippen molar-refractivity contribution in [1.29, 1.82) is 0 Å². The van der Waals surface area contributed by atoms with Crippen molar-refractivity contribution in [3.63, 3.8) is 0 Å². The topological polar surface area (TPSA) is 75.7 Å². The average Bonchev–Trinajstić information content (AvgIpc) is 2.63. The number of benzene rings is 2. The summed E-state index contributed by atoms with van der Waals surface area (Å²) in [5, 5.41) is 2.24. The summed E-state index contributed by atoms with van der Waals surface area (Å²) in [6, 6.07) is 9.53. The van der Waals surface area contributed by atoms with Crippen LogP contribution in [0, 0.1) is 6.92 Å². The van der Waals surface area contributed by atoms with Gasteiger partial charge in [0.05, 0.1) is 29.1 Å². The van der Waals surface area contributed by atoms with Crippen molar-refractivity contribution in [2.45, 2.75) is 13.1 Å². The zero-order chi connectivity index (χ0) is 22.5. The highest BCUT2D eigenvalue weighted by molar-refractivity contribution is 7.92. The first-order valence-electron chi connectivity index (χ1n) is 8.69. The summed E-state index contributed by atoms with van der Waals surface area (Å²) in [5.41, 5.74) is -0.603. The lowest BCUT2D eigenvalue weighted by atomic mass is 10.2. The monoisotopic (exact) mass is 464 g/mol. The second-order valence-corrected chi connectivity index (χ2v) is 8.71. The summed E-state index contributed by atoms with van der Waals surface area (Å²) < 4.78 is 69.3. The van der Waals surface area contributed by atoms with Gasteiger partial charge in [-0.25, -0.2) is 8.42 Å². The van der Waals surface area contributed by atoms with Crippen molar-refractivity contribution in [3.8, 4) is 5.75 Å². The fourth-order valence-electron chi connectivity index (χ4n) is 2.52. The van der Waals surface area contributed by atoms with Gasteiger partial charge in [0.15, 0.2) is 0 Å². The Kier molecular flexibility index (Phi) is 7.59. The van der Waals surface area contributed by atoms with Gasteiger partial charge in [-0.15, -0.1) is 0 Å². The van der Waals surface area contributed by atoms with Gasteiger partial charge in [-0.1, -0.05) is 29.8 Å². The van der Waals surface area contributed by atoms with Crippen LogP contribution in [0.2, 0.25) is 5.02 Å². The summed E-state index contributed by atoms with van der Waals surface area (Å²) >= 11 is 5.91. The normalized spacial score (nSPS) is 11.8. The minimum Gasteiger partial charge on any atom is -0.491 e. The molecule has 2 aromatic carbocycles. The van der Waals surface area contributed by atoms with Gasteiger partial charge in [0.2, 0.25) is 15.9 Å². The van der Waals surface area contributed by atoms with Gasteiger partial charge in [-0.2, -0.15) is 13.2 Å². The van der Waals surface area contributed by atoms with Crippen molar-refractivity contribution in [3.05, 3.63) is 58.6 Å². The van der Waals surface area contributed by atoms with Crippen LogP contribution in [0.5, 0.6) is 5.75 Å². The van der Waals surface area contributed by atoms with Gasteiger partial charge < -0.3 is 10.1 Å². The Labute approximate surface area is 177 Å². The highest BCUT2D eigenvalue weighted by atomic mass is 35.5. The lowest BCUT2D eigenvalue weighted by Crippen LogP contribution is -2.41. The van der Waals surface area contributed by atoms with Gasteiger partial charge in [0.1, 0.15) is 18.9 Å². The van der Waals surface area contributed by atoms with E-state index in [-0.39, 0.29) is 18.2 Å². The van der Waals surface area contributed by atoms with Crippen LogP contribution in [0.1, 0.15) is 11.1 Å². The van der Waals surface area contributed by atoms with Crippen molar-refractivity contribution >= 4 is 33.2 Å². The van der Waals surface area contributed by atoms with Crippen molar-refractivity contribution in [2.24, 2.45) is 0 Å². The lowest BCUT2D eigenvalue weighted by molar-refractivity contribution is -0.137. The number of anilines is 1. The molecule has 0 bridgehead atoms. The molecule has 0 radical (unpaired) electrons. The summed E-state index contributed by atoms with van der Waals surface area (Å²) in [7, 11) is -4.09. The molecule has 0 saturated heterocycles. The molecule has 2 rings (SSSR count). The van der Waals surface area contributed by atoms with Crippen molar-refractivity contribution in [2.75, 3.05) is 30.3 Å². The van der Waals surface area contributed by atoms with Crippen LogP contribution in [0.25, 0.3) is 0 Å². The van der Waals surface area contributed by atoms with E-state index in [2.05, 4.69) is 5.32 Å². The summed E-state index contributed by atoms with van der Waals surface area (Å²) in [5.74, 6) is -0.0810. The smallest absolute Gasteiger partial charge is 0.416 e. The maximum atomic E-state index is 13.0. The molecule has 6 nitrogen and oxygen atoms in total. The third-order valence-corrected chi connectivity index (χ3v) is 5.45. The lowest BCUT2D eigenvalue weighted by Gasteiger charge is -2.24. The summed E-state index contributed by atoms with van der Waals surface area (Å²) in [4.78, 5) is 12.2. The number of amides is 1. The standard InChI is InChI=1S/C19H20ClF3N2O4S/c1-13-5-3-4-6-17(13)29-10-9-24-18(26)12-25(30(2,27)28)16-11-14(19(21,22)23)7-8-15(16)20/h3-8,11H,9-10,12H2,1-2H3,(H,24,26). The number of nitrogens with zero attached hydrogens (tertiary/aromatic N) is 1. The molecular weight excluding hydrogens is 445 g/mol. The van der Waals surface area contributed by atoms with Crippen LogP contribution >= 0.6 is 11.6 Å². The molecule has 1 N–H and O–H groups in total. The fourth-order valence-corrected chi connectivity index (χ4v) is 3.65. The minimum absolute atomic E-state index is 0.0705. The molecule has 0 saturated carbocycles. The third kappa shape index (κ3) is 6.53. The molecule has 0 aliphatic heterocycles. The van der Waals surface area contributed by atoms with Crippen LogP contribution in [0.4, 0.5) is 18.9 Å². The number of hydrogen-bond acceptors (Lipinski definition) is 4. The number of ether oxygens (including phenoxy) is 1. The number of carbonyl (C=O) groups excluding carboxylic acids is 1. The number of para-hydroxylation sites is 1. The Bertz CT molecular complexity index is 1010. The Morgan fingerprint density at radius 3 is 2.47 bits per heavy atom. The largest absolute Gasteiger partial charge is 0.491 e. The molecular formula is C19H20ClF3N2O4S. The number of rotatable bonds is 8. The minimum atomic E-state index is -4.70. The van der Waals surface area contributed by atoms with E-state index in [4.69, 9.17) is 16.3 Å². The van der Waals surface area contributed by atoms with Crippen LogP contribution in [0.3, 0.4) is 0 Å². The van der Waals surface area contributed by atoms with Crippen LogP contribution in [0.15, 0.2) is 42.5 Å². The van der Waals surface area contributed by atoms with Gasteiger partial charge in [-0.3, -0.25) is 9.10 Å². The number of carbonyl (C=O) groups is 1. The number of aryl methyl sites for hydroxylation is 1. The number of hydrogen-bond donors (Lipinski definition) is 1. The SMILES string of the molecule is Cc1ccccc1OCCNC(=O)CN(c1cc(C(F)(F)F)ccc1Cl)S(C)(=O)=O. The van der Waals surface area contributed by atoms with Gasteiger partial charge in [0, 0.05) is 0 Å². The first kappa shape index (κ1) is 23.8. The molecule has 0 heterocycles. The molecule has 0 spiro atoms. The van der Waals surface area contributed by atoms with E-state index >= 15 is 0 Å². The zero-order valence-electron chi connectivity index (χ0n) is 16.2. The molecule has 30 heavy (non-hydrogen) atoms. The van der Waals surface area contributed by atoms with Crippen LogP contribution in [-0.2, 0) is 21.0 Å². The molecule has 0 aliphatic carbocycles. The quantitative estimate of drug-likeness (QED) is 0.605. The molecule has 1 amide bonds. The van der Waals surface area contributed by atoms with Crippen molar-refractivity contribution < 1.29 is 31.1 Å². The Morgan fingerprint density at radius 1 is 1.20 bits per heavy atom. The third-order valence-electron chi connectivity index (χ3n) is 4.01. The van der Waals surface area contributed by atoms with E-state index in [0.29, 0.717) is 16.1 Å². The maximum absolute atomic E-state index is 13.0. The van der Waals surface area contributed by atoms with E-state index < -0.39 is 39.9 Å². The van der Waals surface area contributed by atoms with E-state index in [1.807, 2.05) is 19.1 Å². The van der Waals surface area contributed by atoms with E-state index in [1.54, 1.807) is 12.1 Å². The first-order valence-corrected chi connectivity index (χ1v) is 10.9. The van der Waals surface area contributed by atoms with Crippen molar-refractivity contribution in [1.82, 2.24) is 5.32 Å². The number of alkyl halides is 3. The van der Waals surface area contributed by atoms with Gasteiger partial charge in [-0.05, 0) is 36.8 Å². The Balaban J connectivity index is 2.07. The summed E-state index contributed by atoms with van der Waals surface area (Å²) in [6.07, 6.45) is -3.92. The predicted molar refractivity (Wildman–Crippen MR) is 108 cm³/mol. The molecule has 0 aromatic heterocycles. The molecule has 11 heteroatoms. The number of halogens is 4. The molecule has 0 aliphatic rings. The predicted octanol–water partition coefficient (Wildman–Crippen LogP) is 3.63. The van der Waals surface area contributed by atoms with E-state index in [9.17, 15) is 26.4 Å². The van der Waals surface area contributed by atoms with Crippen LogP contribution < -0.4 is 14.4 Å². The second kappa shape index (κ2) is 9.57. The number of sulfonamides is 1. The van der Waals surface area contributed by atoms with Gasteiger partial charge in [0.25, 0.3) is 0 Å². The first-order chi connectivity index (χ1) is 13.9. The molecule has 2 aromatic rings. The van der Waals surface area contributed by atoms with Crippen LogP contribution in [-0.4, -0.2) is 40.3 Å². The molecule has 0 unspecified atom stereocenters. The van der Waals surface area contributed by atoms with E-state index in [1.165, 1.54) is 0 Å². The molecule has 164 valence electrons. The Morgan fingerprint density at radius 2 is 1.87 bits per heavy atom. The highest BCUT2D eigenvalue weighted by Crippen LogP contribution is 2.36. The molecule has 0 atom stereocenters. The molecule has 0 fully saturated rings. The Hall–Kier alpha value is -2.46. The fraction of sp³-hybridized carbons (Fsp3) is 0.316. The maximum Gasteiger partial charge on any atom is 0.416 e. The number of nitrogens with one attached hydrogen (secondary N) is 1. The second-order valence-electron chi connectivity index (χ2n) is 6.40. The highest BCUT2D eigenvalue weighted by Gasteiger charge is 2.33.